The molecular weight excluding hydrogens is 318 g/mol. The van der Waals surface area contributed by atoms with Crippen LogP contribution in [0.3, 0.4) is 0 Å². The summed E-state index contributed by atoms with van der Waals surface area (Å²) in [6.07, 6.45) is 3.81. The molecule has 23 heavy (non-hydrogen) atoms. The molecule has 0 saturated heterocycles. The highest BCUT2D eigenvalue weighted by Gasteiger charge is 2.26. The predicted molar refractivity (Wildman–Crippen MR) is 87.2 cm³/mol. The van der Waals surface area contributed by atoms with E-state index < -0.39 is 16.2 Å². The first-order valence-electron chi connectivity index (χ1n) is 6.83. The molecule has 9 heteroatoms. The monoisotopic (exact) mass is 331 g/mol. The van der Waals surface area contributed by atoms with Gasteiger partial charge in [-0.25, -0.2) is 9.97 Å². The molecule has 0 aliphatic rings. The molecule has 118 valence electrons. The molecule has 0 amide bonds. The quantitative estimate of drug-likeness (QED) is 0.522. The summed E-state index contributed by atoms with van der Waals surface area (Å²) in [5.74, 6) is 0.0720. The Bertz CT molecular complexity index is 906. The Kier molecular flexibility index (Phi) is 4.02. The second kappa shape index (κ2) is 6.13. The van der Waals surface area contributed by atoms with Crippen molar-refractivity contribution in [3.63, 3.8) is 0 Å². The maximum Gasteiger partial charge on any atom is 0.376 e. The largest absolute Gasteiger partial charge is 0.376 e. The third kappa shape index (κ3) is 2.90. The van der Waals surface area contributed by atoms with Gasteiger partial charge in [0.25, 0.3) is 0 Å². The Balaban J connectivity index is 2.02. The van der Waals surface area contributed by atoms with E-state index >= 15 is 0 Å². The summed E-state index contributed by atoms with van der Waals surface area (Å²) >= 11 is 1.52. The van der Waals surface area contributed by atoms with Crippen molar-refractivity contribution in [3.05, 3.63) is 61.4 Å². The Morgan fingerprint density at radius 2 is 2.26 bits per heavy atom. The van der Waals surface area contributed by atoms with Crippen LogP contribution in [0.25, 0.3) is 5.65 Å². The fourth-order valence-corrected chi connectivity index (χ4v) is 2.85. The Labute approximate surface area is 134 Å². The van der Waals surface area contributed by atoms with Crippen LogP contribution in [0.1, 0.15) is 5.01 Å². The third-order valence-corrected chi connectivity index (χ3v) is 4.22. The minimum Gasteiger partial charge on any atom is -0.353 e. The van der Waals surface area contributed by atoms with Crippen molar-refractivity contribution in [1.29, 1.82) is 0 Å². The van der Waals surface area contributed by atoms with Crippen LogP contribution in [0.15, 0.2) is 40.8 Å². The predicted octanol–water partition coefficient (Wildman–Crippen LogP) is 1.74. The zero-order valence-electron chi connectivity index (χ0n) is 12.2. The van der Waals surface area contributed by atoms with E-state index in [-0.39, 0.29) is 5.82 Å². The van der Waals surface area contributed by atoms with Gasteiger partial charge < -0.3 is 4.90 Å². The topological polar surface area (TPSA) is 93.6 Å². The molecule has 3 aromatic heterocycles. The summed E-state index contributed by atoms with van der Waals surface area (Å²) in [5, 5.41) is 14.1. The smallest absolute Gasteiger partial charge is 0.353 e. The average Bonchev–Trinajstić information content (AvgIpc) is 3.05. The van der Waals surface area contributed by atoms with Crippen LogP contribution in [-0.2, 0) is 6.42 Å². The van der Waals surface area contributed by atoms with Crippen LogP contribution in [0.2, 0.25) is 0 Å². The number of anilines is 1. The van der Waals surface area contributed by atoms with Crippen molar-refractivity contribution in [1.82, 2.24) is 14.4 Å². The van der Waals surface area contributed by atoms with E-state index in [4.69, 9.17) is 0 Å². The lowest BCUT2D eigenvalue weighted by atomic mass is 10.3. The van der Waals surface area contributed by atoms with E-state index in [0.717, 1.165) is 5.01 Å². The molecule has 3 heterocycles. The van der Waals surface area contributed by atoms with E-state index in [9.17, 15) is 14.9 Å². The summed E-state index contributed by atoms with van der Waals surface area (Å²) in [5.41, 5.74) is -0.828. The van der Waals surface area contributed by atoms with Crippen molar-refractivity contribution in [3.8, 4) is 0 Å². The molecule has 3 rings (SSSR count). The molecule has 0 saturated carbocycles. The van der Waals surface area contributed by atoms with E-state index in [1.54, 1.807) is 36.3 Å². The number of hydrogen-bond acceptors (Lipinski definition) is 7. The molecule has 8 nitrogen and oxygen atoms in total. The summed E-state index contributed by atoms with van der Waals surface area (Å²) in [4.78, 5) is 33.1. The number of fused-ring (bicyclic) bond motifs is 1. The lowest BCUT2D eigenvalue weighted by molar-refractivity contribution is -0.385. The molecule has 0 aliphatic heterocycles. The highest BCUT2D eigenvalue weighted by Crippen LogP contribution is 2.22. The number of nitro groups is 1. The molecule has 0 aromatic carbocycles. The van der Waals surface area contributed by atoms with Crippen molar-refractivity contribution in [2.24, 2.45) is 0 Å². The zero-order valence-corrected chi connectivity index (χ0v) is 13.1. The van der Waals surface area contributed by atoms with E-state index in [1.807, 2.05) is 5.38 Å². The van der Waals surface area contributed by atoms with Crippen LogP contribution in [0, 0.1) is 10.1 Å². The van der Waals surface area contributed by atoms with Gasteiger partial charge in [0.15, 0.2) is 0 Å². The Morgan fingerprint density at radius 1 is 1.43 bits per heavy atom. The first-order valence-corrected chi connectivity index (χ1v) is 7.71. The fourth-order valence-electron chi connectivity index (χ4n) is 2.24. The molecule has 0 spiro atoms. The zero-order chi connectivity index (χ0) is 16.4. The van der Waals surface area contributed by atoms with E-state index in [2.05, 4.69) is 9.97 Å². The van der Waals surface area contributed by atoms with Gasteiger partial charge in [0.1, 0.15) is 5.65 Å². The molecule has 0 atom stereocenters. The van der Waals surface area contributed by atoms with Crippen LogP contribution >= 0.6 is 11.3 Å². The number of aromatic nitrogens is 3. The van der Waals surface area contributed by atoms with Crippen LogP contribution in [0.4, 0.5) is 11.5 Å². The normalized spacial score (nSPS) is 10.8. The summed E-state index contributed by atoms with van der Waals surface area (Å²) in [6.45, 7) is 0.476. The lowest BCUT2D eigenvalue weighted by Crippen LogP contribution is -2.27. The molecule has 0 bridgehead atoms. The van der Waals surface area contributed by atoms with Gasteiger partial charge in [-0.05, 0) is 12.1 Å². The van der Waals surface area contributed by atoms with Crippen molar-refractivity contribution < 1.29 is 4.92 Å². The van der Waals surface area contributed by atoms with Gasteiger partial charge in [-0.1, -0.05) is 6.07 Å². The molecule has 0 unspecified atom stereocenters. The maximum absolute atomic E-state index is 12.4. The second-order valence-corrected chi connectivity index (χ2v) is 5.85. The average molecular weight is 331 g/mol. The summed E-state index contributed by atoms with van der Waals surface area (Å²) in [7, 11) is 1.68. The molecular formula is C14H13N5O3S. The van der Waals surface area contributed by atoms with Crippen LogP contribution < -0.4 is 10.5 Å². The number of thiazole rings is 1. The molecule has 0 N–H and O–H groups in total. The highest BCUT2D eigenvalue weighted by molar-refractivity contribution is 7.09. The van der Waals surface area contributed by atoms with Crippen LogP contribution in [0.5, 0.6) is 0 Å². The number of hydrogen-bond donors (Lipinski definition) is 0. The van der Waals surface area contributed by atoms with Crippen molar-refractivity contribution in [2.45, 2.75) is 6.42 Å². The molecule has 0 aliphatic carbocycles. The number of pyridine rings is 1. The van der Waals surface area contributed by atoms with E-state index in [1.165, 1.54) is 21.9 Å². The van der Waals surface area contributed by atoms with Crippen molar-refractivity contribution >= 4 is 28.5 Å². The summed E-state index contributed by atoms with van der Waals surface area (Å²) < 4.78 is 1.18. The first kappa shape index (κ1) is 15.1. The van der Waals surface area contributed by atoms with Gasteiger partial charge in [0, 0.05) is 37.8 Å². The van der Waals surface area contributed by atoms with Gasteiger partial charge >= 0.3 is 11.2 Å². The third-order valence-electron chi connectivity index (χ3n) is 3.38. The summed E-state index contributed by atoms with van der Waals surface area (Å²) in [6, 6.07) is 5.00. The Morgan fingerprint density at radius 3 is 2.96 bits per heavy atom. The molecule has 3 aromatic rings. The standard InChI is InChI=1S/C14H13N5O3S/c1-17(8-5-11-15-6-9-23-11)13-12(19(21)22)14(20)18-7-3-2-4-10(18)16-13/h2-4,6-7,9H,5,8H2,1H3. The second-order valence-electron chi connectivity index (χ2n) is 4.87. The van der Waals surface area contributed by atoms with Gasteiger partial charge in [0.2, 0.25) is 5.82 Å². The SMILES string of the molecule is CN(CCc1nccs1)c1nc2ccccn2c(=O)c1[N+](=O)[O-]. The number of rotatable bonds is 5. The van der Waals surface area contributed by atoms with Crippen molar-refractivity contribution in [2.75, 3.05) is 18.5 Å². The Hall–Kier alpha value is -2.81. The van der Waals surface area contributed by atoms with E-state index in [0.29, 0.717) is 18.6 Å². The van der Waals surface area contributed by atoms with Gasteiger partial charge in [-0.15, -0.1) is 11.3 Å². The first-order chi connectivity index (χ1) is 11.1. The van der Waals surface area contributed by atoms with Gasteiger partial charge in [-0.2, -0.15) is 0 Å². The highest BCUT2D eigenvalue weighted by atomic mass is 32.1. The minimum atomic E-state index is -0.684. The fraction of sp³-hybridized carbons (Fsp3) is 0.214. The maximum atomic E-state index is 12.4. The van der Waals surface area contributed by atoms with Gasteiger partial charge in [-0.3, -0.25) is 19.3 Å². The number of nitrogens with zero attached hydrogens (tertiary/aromatic N) is 5. The molecule has 0 radical (unpaired) electrons. The minimum absolute atomic E-state index is 0.0720. The number of likely N-dealkylation sites (N-methyl/N-ethyl adjacent to an activating group) is 1. The lowest BCUT2D eigenvalue weighted by Gasteiger charge is -2.17. The molecule has 0 fully saturated rings. The van der Waals surface area contributed by atoms with Crippen LogP contribution in [-0.4, -0.2) is 32.9 Å². The van der Waals surface area contributed by atoms with Gasteiger partial charge in [0.05, 0.1) is 9.93 Å².